The summed E-state index contributed by atoms with van der Waals surface area (Å²) in [6.45, 7) is 3.88. The van der Waals surface area contributed by atoms with Gasteiger partial charge in [-0.25, -0.2) is 4.79 Å². The van der Waals surface area contributed by atoms with Crippen molar-refractivity contribution in [2.24, 2.45) is 0 Å². The summed E-state index contributed by atoms with van der Waals surface area (Å²) in [7, 11) is 0. The van der Waals surface area contributed by atoms with Crippen LogP contribution in [0.2, 0.25) is 0 Å². The van der Waals surface area contributed by atoms with E-state index < -0.39 is 5.97 Å². The van der Waals surface area contributed by atoms with Crippen LogP contribution in [0.3, 0.4) is 0 Å². The number of esters is 1. The van der Waals surface area contributed by atoms with Gasteiger partial charge in [-0.05, 0) is 26.0 Å². The van der Waals surface area contributed by atoms with Crippen LogP contribution in [0, 0.1) is 18.3 Å². The number of carbonyl (C=O) groups excluding carboxylic acids is 1. The van der Waals surface area contributed by atoms with Gasteiger partial charge in [0.2, 0.25) is 0 Å². The summed E-state index contributed by atoms with van der Waals surface area (Å²) in [6.07, 6.45) is 1.58. The molecule has 0 unspecified atom stereocenters. The first-order valence-corrected chi connectivity index (χ1v) is 6.03. The Hall–Kier alpha value is -2.54. The molecular formula is C15H14N2O2. The molecule has 0 fully saturated rings. The number of nitrogens with one attached hydrogen (secondary N) is 1. The molecule has 0 amide bonds. The van der Waals surface area contributed by atoms with Gasteiger partial charge in [-0.15, -0.1) is 0 Å². The largest absolute Gasteiger partial charge is 0.462 e. The Morgan fingerprint density at radius 2 is 2.21 bits per heavy atom. The lowest BCUT2D eigenvalue weighted by Crippen LogP contribution is -2.06. The van der Waals surface area contributed by atoms with E-state index in [0.29, 0.717) is 0 Å². The van der Waals surface area contributed by atoms with Crippen LogP contribution in [0.15, 0.2) is 29.8 Å². The molecule has 1 aromatic heterocycles. The molecule has 1 aromatic carbocycles. The second kappa shape index (κ2) is 5.40. The Kier molecular flexibility index (Phi) is 3.67. The highest BCUT2D eigenvalue weighted by Gasteiger charge is 2.13. The zero-order chi connectivity index (χ0) is 13.8. The van der Waals surface area contributed by atoms with Crippen LogP contribution < -0.4 is 0 Å². The molecule has 2 rings (SSSR count). The zero-order valence-electron chi connectivity index (χ0n) is 10.9. The number of ether oxygens (including phenoxy) is 1. The lowest BCUT2D eigenvalue weighted by Gasteiger charge is -2.00. The number of aromatic nitrogens is 1. The van der Waals surface area contributed by atoms with Crippen LogP contribution >= 0.6 is 0 Å². The first-order valence-electron chi connectivity index (χ1n) is 6.03. The van der Waals surface area contributed by atoms with Gasteiger partial charge in [0, 0.05) is 22.2 Å². The summed E-state index contributed by atoms with van der Waals surface area (Å²) in [5.74, 6) is -0.588. The number of aryl methyl sites for hydroxylation is 1. The number of H-pyrrole nitrogens is 1. The lowest BCUT2D eigenvalue weighted by molar-refractivity contribution is -0.137. The Morgan fingerprint density at radius 1 is 1.47 bits per heavy atom. The molecule has 0 atom stereocenters. The fourth-order valence-electron chi connectivity index (χ4n) is 1.97. The van der Waals surface area contributed by atoms with E-state index in [-0.39, 0.29) is 12.2 Å². The van der Waals surface area contributed by atoms with E-state index in [2.05, 4.69) is 4.98 Å². The van der Waals surface area contributed by atoms with Gasteiger partial charge in [0.05, 0.1) is 6.61 Å². The minimum absolute atomic E-state index is 0.00898. The van der Waals surface area contributed by atoms with Crippen LogP contribution in [0.25, 0.3) is 17.0 Å². The summed E-state index contributed by atoms with van der Waals surface area (Å²) in [5.41, 5.74) is 2.75. The van der Waals surface area contributed by atoms with Crippen molar-refractivity contribution in [1.29, 1.82) is 5.26 Å². The highest BCUT2D eigenvalue weighted by molar-refractivity contribution is 6.01. The summed E-state index contributed by atoms with van der Waals surface area (Å²) in [5, 5.41) is 10.0. The second-order valence-electron chi connectivity index (χ2n) is 4.10. The third-order valence-corrected chi connectivity index (χ3v) is 2.85. The number of benzene rings is 1. The molecule has 0 saturated carbocycles. The number of nitriles is 1. The first kappa shape index (κ1) is 12.9. The molecule has 0 aliphatic carbocycles. The summed E-state index contributed by atoms with van der Waals surface area (Å²) < 4.78 is 4.86. The zero-order valence-corrected chi connectivity index (χ0v) is 10.9. The topological polar surface area (TPSA) is 65.9 Å². The maximum Gasteiger partial charge on any atom is 0.348 e. The van der Waals surface area contributed by atoms with E-state index in [1.165, 1.54) is 0 Å². The van der Waals surface area contributed by atoms with Gasteiger partial charge >= 0.3 is 5.97 Å². The molecule has 4 nitrogen and oxygen atoms in total. The molecule has 1 heterocycles. The highest BCUT2D eigenvalue weighted by Crippen LogP contribution is 2.24. The molecule has 96 valence electrons. The van der Waals surface area contributed by atoms with E-state index >= 15 is 0 Å². The standard InChI is InChI=1S/C15H14N2O2/c1-3-19-15(18)11(9-16)8-13-10(2)17-14-7-5-4-6-12(13)14/h4-8,17H,3H2,1-2H3/b11-8+. The molecule has 0 aliphatic heterocycles. The SMILES string of the molecule is CCOC(=O)/C(C#N)=C/c1c(C)[nH]c2ccccc12. The number of hydrogen-bond acceptors (Lipinski definition) is 3. The van der Waals surface area contributed by atoms with Gasteiger partial charge in [0.25, 0.3) is 0 Å². The number of fused-ring (bicyclic) bond motifs is 1. The summed E-state index contributed by atoms with van der Waals surface area (Å²) in [6, 6.07) is 9.65. The van der Waals surface area contributed by atoms with Crippen molar-refractivity contribution < 1.29 is 9.53 Å². The normalized spacial score (nSPS) is 11.3. The van der Waals surface area contributed by atoms with Crippen molar-refractivity contribution in [3.05, 3.63) is 41.1 Å². The molecule has 4 heteroatoms. The summed E-state index contributed by atoms with van der Waals surface area (Å²) >= 11 is 0. The molecule has 0 radical (unpaired) electrons. The van der Waals surface area contributed by atoms with Crippen LogP contribution in [0.5, 0.6) is 0 Å². The average Bonchev–Trinajstić information content (AvgIpc) is 2.72. The first-order chi connectivity index (χ1) is 9.17. The van der Waals surface area contributed by atoms with E-state index in [4.69, 9.17) is 10.00 Å². The van der Waals surface area contributed by atoms with E-state index in [9.17, 15) is 4.79 Å². The maximum atomic E-state index is 11.6. The van der Waals surface area contributed by atoms with Crippen molar-refractivity contribution in [2.75, 3.05) is 6.61 Å². The molecule has 1 N–H and O–H groups in total. The average molecular weight is 254 g/mol. The van der Waals surface area contributed by atoms with Gasteiger partial charge in [0.1, 0.15) is 11.6 Å². The van der Waals surface area contributed by atoms with E-state index in [1.807, 2.05) is 37.3 Å². The fourth-order valence-corrected chi connectivity index (χ4v) is 1.97. The van der Waals surface area contributed by atoms with Gasteiger partial charge < -0.3 is 9.72 Å². The predicted molar refractivity (Wildman–Crippen MR) is 73.3 cm³/mol. The number of para-hydroxylation sites is 1. The number of hydrogen-bond donors (Lipinski definition) is 1. The molecule has 0 bridgehead atoms. The second-order valence-corrected chi connectivity index (χ2v) is 4.10. The van der Waals surface area contributed by atoms with Crippen molar-refractivity contribution in [3.63, 3.8) is 0 Å². The maximum absolute atomic E-state index is 11.6. The molecule has 19 heavy (non-hydrogen) atoms. The Morgan fingerprint density at radius 3 is 2.89 bits per heavy atom. The number of carbonyl (C=O) groups is 1. The van der Waals surface area contributed by atoms with Gasteiger partial charge in [0.15, 0.2) is 0 Å². The minimum atomic E-state index is -0.588. The molecule has 0 aliphatic rings. The number of aromatic amines is 1. The molecule has 2 aromatic rings. The van der Waals surface area contributed by atoms with Crippen molar-refractivity contribution in [3.8, 4) is 6.07 Å². The summed E-state index contributed by atoms with van der Waals surface area (Å²) in [4.78, 5) is 14.8. The third-order valence-electron chi connectivity index (χ3n) is 2.85. The number of nitrogens with zero attached hydrogens (tertiary/aromatic N) is 1. The van der Waals surface area contributed by atoms with E-state index in [1.54, 1.807) is 13.0 Å². The Balaban J connectivity index is 2.52. The Bertz CT molecular complexity index is 690. The van der Waals surface area contributed by atoms with Crippen LogP contribution in [0.1, 0.15) is 18.2 Å². The number of rotatable bonds is 3. The van der Waals surface area contributed by atoms with Crippen molar-refractivity contribution in [1.82, 2.24) is 4.98 Å². The fraction of sp³-hybridized carbons (Fsp3) is 0.200. The van der Waals surface area contributed by atoms with Gasteiger partial charge in [-0.3, -0.25) is 0 Å². The van der Waals surface area contributed by atoms with Gasteiger partial charge in [-0.2, -0.15) is 5.26 Å². The molecular weight excluding hydrogens is 240 g/mol. The highest BCUT2D eigenvalue weighted by atomic mass is 16.5. The van der Waals surface area contributed by atoms with Crippen molar-refractivity contribution in [2.45, 2.75) is 13.8 Å². The monoisotopic (exact) mass is 254 g/mol. The smallest absolute Gasteiger partial charge is 0.348 e. The third kappa shape index (κ3) is 2.50. The predicted octanol–water partition coefficient (Wildman–Crippen LogP) is 2.95. The Labute approximate surface area is 111 Å². The van der Waals surface area contributed by atoms with Crippen molar-refractivity contribution >= 4 is 22.9 Å². The minimum Gasteiger partial charge on any atom is -0.462 e. The van der Waals surface area contributed by atoms with Crippen LogP contribution in [-0.2, 0) is 9.53 Å². The van der Waals surface area contributed by atoms with Gasteiger partial charge in [-0.1, -0.05) is 18.2 Å². The molecule has 0 spiro atoms. The van der Waals surface area contributed by atoms with E-state index in [0.717, 1.165) is 22.2 Å². The van der Waals surface area contributed by atoms with Crippen LogP contribution in [-0.4, -0.2) is 17.6 Å². The molecule has 0 saturated heterocycles. The van der Waals surface area contributed by atoms with Crippen LogP contribution in [0.4, 0.5) is 0 Å². The lowest BCUT2D eigenvalue weighted by atomic mass is 10.1. The quantitative estimate of drug-likeness (QED) is 0.520.